The second-order valence-electron chi connectivity index (χ2n) is 6.11. The molecule has 0 saturated carbocycles. The molecule has 0 bridgehead atoms. The molecular weight excluding hydrogens is 258 g/mol. The van der Waals surface area contributed by atoms with Crippen LogP contribution in [0.15, 0.2) is 24.3 Å². The molecule has 0 spiro atoms. The average molecular weight is 281 g/mol. The number of carbonyl (C=O) groups excluding carboxylic acids is 1. The lowest BCUT2D eigenvalue weighted by molar-refractivity contribution is 0.211. The van der Waals surface area contributed by atoms with Crippen molar-refractivity contribution in [3.05, 3.63) is 29.8 Å². The van der Waals surface area contributed by atoms with E-state index in [4.69, 9.17) is 14.9 Å². The zero-order chi connectivity index (χ0) is 14.7. The summed E-state index contributed by atoms with van der Waals surface area (Å²) in [6, 6.07) is 7.20. The van der Waals surface area contributed by atoms with Crippen molar-refractivity contribution in [3.63, 3.8) is 0 Å². The Morgan fingerprint density at radius 3 is 2.16 bits per heavy atom. The monoisotopic (exact) mass is 281 g/mol. The van der Waals surface area contributed by atoms with Crippen LogP contribution in [0, 0.1) is 0 Å². The van der Waals surface area contributed by atoms with E-state index in [1.807, 2.05) is 12.1 Å². The SMILES string of the molecule is CC(C)(C)[Si](C)(C)OCc1ccc(OC(N)=O)cc1. The molecule has 1 aromatic carbocycles. The standard InChI is InChI=1S/C14H23NO3Si/c1-14(2,3)19(4,5)17-10-11-6-8-12(9-7-11)18-13(15)16/h6-9H,10H2,1-5H3,(H2,15,16). The third-order valence-corrected chi connectivity index (χ3v) is 8.03. The van der Waals surface area contributed by atoms with E-state index in [9.17, 15) is 4.79 Å². The molecule has 2 N–H and O–H groups in total. The summed E-state index contributed by atoms with van der Waals surface area (Å²) in [7, 11) is -1.73. The van der Waals surface area contributed by atoms with E-state index in [1.165, 1.54) is 0 Å². The zero-order valence-electron chi connectivity index (χ0n) is 12.3. The maximum Gasteiger partial charge on any atom is 0.409 e. The van der Waals surface area contributed by atoms with Crippen molar-refractivity contribution < 1.29 is 14.0 Å². The van der Waals surface area contributed by atoms with Crippen molar-refractivity contribution >= 4 is 14.4 Å². The van der Waals surface area contributed by atoms with Crippen molar-refractivity contribution in [2.75, 3.05) is 0 Å². The fourth-order valence-electron chi connectivity index (χ4n) is 1.25. The van der Waals surface area contributed by atoms with Gasteiger partial charge in [0.25, 0.3) is 0 Å². The minimum absolute atomic E-state index is 0.196. The highest BCUT2D eigenvalue weighted by molar-refractivity contribution is 6.74. The van der Waals surface area contributed by atoms with Crippen LogP contribution in [0.1, 0.15) is 26.3 Å². The Morgan fingerprint density at radius 2 is 1.74 bits per heavy atom. The lowest BCUT2D eigenvalue weighted by atomic mass is 10.2. The van der Waals surface area contributed by atoms with E-state index in [1.54, 1.807) is 12.1 Å². The van der Waals surface area contributed by atoms with E-state index in [2.05, 4.69) is 33.9 Å². The average Bonchev–Trinajstić information content (AvgIpc) is 2.26. The molecule has 0 aromatic heterocycles. The molecule has 0 aliphatic rings. The second-order valence-corrected chi connectivity index (χ2v) is 10.9. The summed E-state index contributed by atoms with van der Waals surface area (Å²) in [5.74, 6) is 0.448. The number of ether oxygens (including phenoxy) is 1. The van der Waals surface area contributed by atoms with Gasteiger partial charge in [-0.3, -0.25) is 0 Å². The summed E-state index contributed by atoms with van der Waals surface area (Å²) in [4.78, 5) is 10.6. The lowest BCUT2D eigenvalue weighted by Crippen LogP contribution is -2.40. The molecule has 0 atom stereocenters. The van der Waals surface area contributed by atoms with Gasteiger partial charge >= 0.3 is 6.09 Å². The normalized spacial score (nSPS) is 12.3. The first kappa shape index (κ1) is 15.7. The first-order chi connectivity index (χ1) is 8.62. The van der Waals surface area contributed by atoms with Crippen molar-refractivity contribution in [1.82, 2.24) is 0 Å². The molecule has 0 radical (unpaired) electrons. The molecule has 1 amide bonds. The smallest absolute Gasteiger partial charge is 0.409 e. The van der Waals surface area contributed by atoms with E-state index in [0.717, 1.165) is 5.56 Å². The van der Waals surface area contributed by atoms with Gasteiger partial charge in [-0.2, -0.15) is 0 Å². The predicted octanol–water partition coefficient (Wildman–Crippen LogP) is 3.67. The van der Waals surface area contributed by atoms with Crippen LogP contribution in [0.2, 0.25) is 18.1 Å². The second kappa shape index (κ2) is 5.75. The topological polar surface area (TPSA) is 61.6 Å². The van der Waals surface area contributed by atoms with Crippen LogP contribution >= 0.6 is 0 Å². The van der Waals surface area contributed by atoms with Gasteiger partial charge in [0.2, 0.25) is 0 Å². The number of carbonyl (C=O) groups is 1. The number of amides is 1. The van der Waals surface area contributed by atoms with Gasteiger partial charge in [-0.25, -0.2) is 4.79 Å². The Balaban J connectivity index is 2.62. The van der Waals surface area contributed by atoms with Gasteiger partial charge in [0.15, 0.2) is 8.32 Å². The molecular formula is C14H23NO3Si. The number of benzene rings is 1. The Kier molecular flexibility index (Phi) is 4.76. The fraction of sp³-hybridized carbons (Fsp3) is 0.500. The van der Waals surface area contributed by atoms with E-state index in [0.29, 0.717) is 12.4 Å². The maximum atomic E-state index is 10.6. The molecule has 0 aliphatic carbocycles. The third kappa shape index (κ3) is 4.68. The van der Waals surface area contributed by atoms with Crippen molar-refractivity contribution in [2.24, 2.45) is 5.73 Å². The molecule has 1 aromatic rings. The number of hydrogen-bond donors (Lipinski definition) is 1. The molecule has 0 aliphatic heterocycles. The van der Waals surface area contributed by atoms with Crippen molar-refractivity contribution in [3.8, 4) is 5.75 Å². The summed E-state index contributed by atoms with van der Waals surface area (Å²) in [5, 5.41) is 0.196. The highest BCUT2D eigenvalue weighted by Gasteiger charge is 2.36. The Bertz CT molecular complexity index is 435. The number of nitrogens with two attached hydrogens (primary N) is 1. The van der Waals surface area contributed by atoms with Crippen molar-refractivity contribution in [1.29, 1.82) is 0 Å². The van der Waals surface area contributed by atoms with Crippen molar-refractivity contribution in [2.45, 2.75) is 45.5 Å². The summed E-state index contributed by atoms with van der Waals surface area (Å²) in [6.07, 6.45) is -0.801. The minimum atomic E-state index is -1.73. The largest absolute Gasteiger partial charge is 0.413 e. The van der Waals surface area contributed by atoms with Gasteiger partial charge in [-0.15, -0.1) is 0 Å². The van der Waals surface area contributed by atoms with Gasteiger partial charge < -0.3 is 14.9 Å². The number of primary amides is 1. The third-order valence-electron chi connectivity index (χ3n) is 3.55. The number of rotatable bonds is 4. The first-order valence-electron chi connectivity index (χ1n) is 6.32. The number of hydrogen-bond acceptors (Lipinski definition) is 3. The summed E-state index contributed by atoms with van der Waals surface area (Å²) < 4.78 is 10.9. The molecule has 0 heterocycles. The van der Waals surface area contributed by atoms with Crippen LogP contribution in [0.5, 0.6) is 5.75 Å². The van der Waals surface area contributed by atoms with Crippen LogP contribution in [-0.2, 0) is 11.0 Å². The molecule has 106 valence electrons. The van der Waals surface area contributed by atoms with E-state index < -0.39 is 14.4 Å². The van der Waals surface area contributed by atoms with Crippen LogP contribution < -0.4 is 10.5 Å². The molecule has 0 unspecified atom stereocenters. The highest BCUT2D eigenvalue weighted by Crippen LogP contribution is 2.37. The minimum Gasteiger partial charge on any atom is -0.413 e. The lowest BCUT2D eigenvalue weighted by Gasteiger charge is -2.36. The quantitative estimate of drug-likeness (QED) is 0.857. The summed E-state index contributed by atoms with van der Waals surface area (Å²) in [6.45, 7) is 11.7. The Labute approximate surface area is 116 Å². The van der Waals surface area contributed by atoms with Gasteiger partial charge in [-0.05, 0) is 35.8 Å². The summed E-state index contributed by atoms with van der Waals surface area (Å²) >= 11 is 0. The fourth-order valence-corrected chi connectivity index (χ4v) is 2.21. The predicted molar refractivity (Wildman–Crippen MR) is 78.6 cm³/mol. The maximum absolute atomic E-state index is 10.6. The van der Waals surface area contributed by atoms with Crippen LogP contribution in [0.3, 0.4) is 0 Å². The Hall–Kier alpha value is -1.33. The molecule has 1 rings (SSSR count). The molecule has 0 fully saturated rings. The molecule has 4 nitrogen and oxygen atoms in total. The van der Waals surface area contributed by atoms with Crippen LogP contribution in [-0.4, -0.2) is 14.4 Å². The molecule has 19 heavy (non-hydrogen) atoms. The van der Waals surface area contributed by atoms with Gasteiger partial charge in [-0.1, -0.05) is 32.9 Å². The summed E-state index contributed by atoms with van der Waals surface area (Å²) in [5.41, 5.74) is 6.00. The molecule has 0 saturated heterocycles. The van der Waals surface area contributed by atoms with Gasteiger partial charge in [0.05, 0.1) is 6.61 Å². The Morgan fingerprint density at radius 1 is 1.21 bits per heavy atom. The molecule has 5 heteroatoms. The van der Waals surface area contributed by atoms with Crippen LogP contribution in [0.4, 0.5) is 4.79 Å². The first-order valence-corrected chi connectivity index (χ1v) is 9.23. The highest BCUT2D eigenvalue weighted by atomic mass is 28.4. The van der Waals surface area contributed by atoms with Crippen LogP contribution in [0.25, 0.3) is 0 Å². The van der Waals surface area contributed by atoms with E-state index >= 15 is 0 Å². The van der Waals surface area contributed by atoms with E-state index in [-0.39, 0.29) is 5.04 Å². The van der Waals surface area contributed by atoms with Gasteiger partial charge in [0.1, 0.15) is 5.75 Å². The van der Waals surface area contributed by atoms with Gasteiger partial charge in [0, 0.05) is 0 Å². The zero-order valence-corrected chi connectivity index (χ0v) is 13.3.